The molecule has 0 amide bonds. The lowest BCUT2D eigenvalue weighted by Crippen LogP contribution is -2.15. The molecule has 8 heteroatoms. The van der Waals surface area contributed by atoms with E-state index in [0.29, 0.717) is 50.2 Å². The molecule has 1 heterocycles. The fourth-order valence-electron chi connectivity index (χ4n) is 2.37. The Hall–Kier alpha value is -1.93. The average Bonchev–Trinajstić information content (AvgIpc) is 3.03. The summed E-state index contributed by atoms with van der Waals surface area (Å²) in [6.45, 7) is 2.61. The second-order valence-electron chi connectivity index (χ2n) is 5.55. The van der Waals surface area contributed by atoms with E-state index in [1.54, 1.807) is 11.7 Å². The number of ether oxygens (including phenoxy) is 3. The zero-order valence-electron chi connectivity index (χ0n) is 14.7. The number of hydrogen-bond donors (Lipinski definition) is 1. The van der Waals surface area contributed by atoms with Crippen LogP contribution in [0.5, 0.6) is 0 Å². The molecule has 0 fully saturated rings. The maximum absolute atomic E-state index is 11.4. The maximum Gasteiger partial charge on any atom is 0.354 e. The van der Waals surface area contributed by atoms with Gasteiger partial charge in [0.05, 0.1) is 32.6 Å². The molecule has 0 bridgehead atoms. The van der Waals surface area contributed by atoms with Crippen molar-refractivity contribution in [3.05, 3.63) is 52.6 Å². The summed E-state index contributed by atoms with van der Waals surface area (Å²) in [7, 11) is 1.61. The summed E-state index contributed by atoms with van der Waals surface area (Å²) in [6.07, 6.45) is 2.03. The zero-order valence-corrected chi connectivity index (χ0v) is 15.4. The van der Waals surface area contributed by atoms with Crippen molar-refractivity contribution in [1.82, 2.24) is 9.55 Å². The van der Waals surface area contributed by atoms with E-state index in [1.807, 2.05) is 24.3 Å². The summed E-state index contributed by atoms with van der Waals surface area (Å²) >= 11 is 5.89. The first kappa shape index (κ1) is 20.4. The van der Waals surface area contributed by atoms with Crippen LogP contribution in [0, 0.1) is 0 Å². The minimum absolute atomic E-state index is 0.147. The molecule has 0 radical (unpaired) electrons. The molecule has 0 unspecified atom stereocenters. The summed E-state index contributed by atoms with van der Waals surface area (Å²) in [6, 6.07) is 7.48. The van der Waals surface area contributed by atoms with E-state index in [4.69, 9.17) is 25.8 Å². The van der Waals surface area contributed by atoms with Gasteiger partial charge in [-0.25, -0.2) is 9.78 Å². The Labute approximate surface area is 157 Å². The highest BCUT2D eigenvalue weighted by molar-refractivity contribution is 6.30. The number of aromatic nitrogens is 2. The molecule has 0 aliphatic rings. The summed E-state index contributed by atoms with van der Waals surface area (Å²) in [5.74, 6) is -0.434. The molecule has 0 aliphatic carbocycles. The molecule has 142 valence electrons. The highest BCUT2D eigenvalue weighted by atomic mass is 35.5. The second-order valence-corrected chi connectivity index (χ2v) is 5.99. The number of hydrogen-bond acceptors (Lipinski definition) is 5. The third-order valence-electron chi connectivity index (χ3n) is 3.73. The Kier molecular flexibility index (Phi) is 8.57. The molecule has 0 spiro atoms. The van der Waals surface area contributed by atoms with E-state index >= 15 is 0 Å². The van der Waals surface area contributed by atoms with E-state index in [1.165, 1.54) is 6.20 Å². The minimum Gasteiger partial charge on any atom is -0.477 e. The molecule has 7 nitrogen and oxygen atoms in total. The molecule has 1 N–H and O–H groups in total. The first-order chi connectivity index (χ1) is 12.6. The highest BCUT2D eigenvalue weighted by Crippen LogP contribution is 2.13. The van der Waals surface area contributed by atoms with Gasteiger partial charge in [0.1, 0.15) is 18.1 Å². The molecule has 0 aliphatic heterocycles. The Morgan fingerprint density at radius 3 is 2.54 bits per heavy atom. The fourth-order valence-corrected chi connectivity index (χ4v) is 2.49. The average molecular weight is 383 g/mol. The van der Waals surface area contributed by atoms with Crippen LogP contribution in [-0.4, -0.2) is 54.2 Å². The molecular weight excluding hydrogens is 360 g/mol. The van der Waals surface area contributed by atoms with Crippen molar-refractivity contribution >= 4 is 17.6 Å². The van der Waals surface area contributed by atoms with Crippen LogP contribution < -0.4 is 0 Å². The van der Waals surface area contributed by atoms with Crippen LogP contribution in [0.3, 0.4) is 0 Å². The van der Waals surface area contributed by atoms with Crippen LogP contribution in [-0.2, 0) is 33.8 Å². The second kappa shape index (κ2) is 10.9. The molecular formula is C18H23ClN2O5. The first-order valence-corrected chi connectivity index (χ1v) is 8.66. The van der Waals surface area contributed by atoms with Crippen molar-refractivity contribution in [2.75, 3.05) is 33.5 Å². The Balaban J connectivity index is 1.90. The minimum atomic E-state index is -1.01. The van der Waals surface area contributed by atoms with Crippen LogP contribution in [0.2, 0.25) is 5.02 Å². The van der Waals surface area contributed by atoms with Gasteiger partial charge < -0.3 is 23.9 Å². The van der Waals surface area contributed by atoms with Gasteiger partial charge in [-0.2, -0.15) is 0 Å². The lowest BCUT2D eigenvalue weighted by molar-refractivity contribution is 0.0177. The van der Waals surface area contributed by atoms with E-state index < -0.39 is 5.97 Å². The third-order valence-corrected chi connectivity index (χ3v) is 3.98. The predicted octanol–water partition coefficient (Wildman–Crippen LogP) is 2.66. The Morgan fingerprint density at radius 2 is 1.85 bits per heavy atom. The molecule has 26 heavy (non-hydrogen) atoms. The largest absolute Gasteiger partial charge is 0.477 e. The summed E-state index contributed by atoms with van der Waals surface area (Å²) in [5, 5.41) is 10.0. The van der Waals surface area contributed by atoms with Crippen molar-refractivity contribution in [3.8, 4) is 0 Å². The molecule has 1 aromatic carbocycles. The monoisotopic (exact) mass is 382 g/mol. The lowest BCUT2D eigenvalue weighted by Gasteiger charge is -2.11. The Bertz CT molecular complexity index is 687. The number of methoxy groups -OCH3 is 1. The predicted molar refractivity (Wildman–Crippen MR) is 96.7 cm³/mol. The molecule has 0 atom stereocenters. The van der Waals surface area contributed by atoms with Crippen molar-refractivity contribution < 1.29 is 24.1 Å². The van der Waals surface area contributed by atoms with Crippen LogP contribution in [0.25, 0.3) is 0 Å². The van der Waals surface area contributed by atoms with Crippen LogP contribution in [0.15, 0.2) is 30.5 Å². The molecule has 2 aromatic rings. The van der Waals surface area contributed by atoms with Crippen LogP contribution >= 0.6 is 11.6 Å². The number of imidazole rings is 1. The lowest BCUT2D eigenvalue weighted by atomic mass is 10.1. The summed E-state index contributed by atoms with van der Waals surface area (Å²) in [5.41, 5.74) is 1.21. The number of carboxylic acid groups (broad SMARTS) is 1. The van der Waals surface area contributed by atoms with Crippen LogP contribution in [0.1, 0.15) is 21.9 Å². The van der Waals surface area contributed by atoms with Gasteiger partial charge in [-0.1, -0.05) is 23.7 Å². The van der Waals surface area contributed by atoms with Crippen molar-refractivity contribution in [2.45, 2.75) is 19.6 Å². The van der Waals surface area contributed by atoms with Gasteiger partial charge in [0.15, 0.2) is 0 Å². The zero-order chi connectivity index (χ0) is 18.8. The normalized spacial score (nSPS) is 11.0. The first-order valence-electron chi connectivity index (χ1n) is 8.28. The Morgan fingerprint density at radius 1 is 1.15 bits per heavy atom. The highest BCUT2D eigenvalue weighted by Gasteiger charge is 2.15. The van der Waals surface area contributed by atoms with Gasteiger partial charge in [-0.3, -0.25) is 0 Å². The standard InChI is InChI=1S/C18H23ClN2O5/c1-24-8-9-25-10-11-26-13-17-20-12-16(18(22)23)21(17)7-6-14-2-4-15(19)5-3-14/h2-5,12H,6-11,13H2,1H3,(H,22,23). The van der Waals surface area contributed by atoms with Gasteiger partial charge in [-0.05, 0) is 24.1 Å². The quantitative estimate of drug-likeness (QED) is 0.568. The van der Waals surface area contributed by atoms with Gasteiger partial charge in [-0.15, -0.1) is 0 Å². The van der Waals surface area contributed by atoms with Gasteiger partial charge in [0.2, 0.25) is 0 Å². The van der Waals surface area contributed by atoms with Gasteiger partial charge in [0.25, 0.3) is 0 Å². The smallest absolute Gasteiger partial charge is 0.354 e. The number of aryl methyl sites for hydroxylation is 1. The van der Waals surface area contributed by atoms with Crippen molar-refractivity contribution in [1.29, 1.82) is 0 Å². The fraction of sp³-hybridized carbons (Fsp3) is 0.444. The SMILES string of the molecule is COCCOCCOCc1ncc(C(=O)O)n1CCc1ccc(Cl)cc1. The van der Waals surface area contributed by atoms with Gasteiger partial charge in [0, 0.05) is 18.7 Å². The van der Waals surface area contributed by atoms with E-state index in [9.17, 15) is 9.90 Å². The summed E-state index contributed by atoms with van der Waals surface area (Å²) in [4.78, 5) is 15.6. The number of aromatic carboxylic acids is 1. The van der Waals surface area contributed by atoms with Crippen LogP contribution in [0.4, 0.5) is 0 Å². The molecule has 0 saturated carbocycles. The summed E-state index contributed by atoms with van der Waals surface area (Å²) < 4.78 is 17.4. The van der Waals surface area contributed by atoms with Crippen molar-refractivity contribution in [3.63, 3.8) is 0 Å². The number of carboxylic acids is 1. The topological polar surface area (TPSA) is 82.8 Å². The van der Waals surface area contributed by atoms with Crippen molar-refractivity contribution in [2.24, 2.45) is 0 Å². The van der Waals surface area contributed by atoms with Gasteiger partial charge >= 0.3 is 5.97 Å². The number of halogens is 1. The number of rotatable bonds is 12. The number of benzene rings is 1. The van der Waals surface area contributed by atoms with E-state index in [-0.39, 0.29) is 12.3 Å². The number of carbonyl (C=O) groups is 1. The third kappa shape index (κ3) is 6.42. The maximum atomic E-state index is 11.4. The molecule has 2 rings (SSSR count). The molecule has 1 aromatic heterocycles. The molecule has 0 saturated heterocycles. The number of nitrogens with zero attached hydrogens (tertiary/aromatic N) is 2. The van der Waals surface area contributed by atoms with E-state index in [2.05, 4.69) is 4.98 Å². The van der Waals surface area contributed by atoms with E-state index in [0.717, 1.165) is 5.56 Å².